The van der Waals surface area contributed by atoms with E-state index in [-0.39, 0.29) is 11.7 Å². The quantitative estimate of drug-likeness (QED) is 0.902. The summed E-state index contributed by atoms with van der Waals surface area (Å²) >= 11 is 9.18. The van der Waals surface area contributed by atoms with Crippen LogP contribution >= 0.6 is 27.5 Å². The van der Waals surface area contributed by atoms with Crippen LogP contribution in [0.4, 0.5) is 0 Å². The summed E-state index contributed by atoms with van der Waals surface area (Å²) in [4.78, 5) is 13.9. The number of rotatable bonds is 3. The highest BCUT2D eigenvalue weighted by Crippen LogP contribution is 2.21. The van der Waals surface area contributed by atoms with Crippen LogP contribution in [0, 0.1) is 0 Å². The summed E-state index contributed by atoms with van der Waals surface area (Å²) in [5, 5.41) is 10.2. The molecule has 0 unspecified atom stereocenters. The number of amides is 1. The van der Waals surface area contributed by atoms with E-state index in [9.17, 15) is 9.90 Å². The molecule has 5 heteroatoms. The van der Waals surface area contributed by atoms with Crippen LogP contribution in [0.3, 0.4) is 0 Å². The van der Waals surface area contributed by atoms with Gasteiger partial charge in [0.25, 0.3) is 5.91 Å². The Labute approximate surface area is 130 Å². The fourth-order valence-corrected chi connectivity index (χ4v) is 2.59. The average Bonchev–Trinajstić information content (AvgIpc) is 2.36. The minimum Gasteiger partial charge on any atom is -0.508 e. The van der Waals surface area contributed by atoms with Gasteiger partial charge in [0, 0.05) is 28.7 Å². The number of carbonyl (C=O) groups is 1. The molecule has 2 rings (SSSR count). The second-order valence-electron chi connectivity index (χ2n) is 4.49. The highest BCUT2D eigenvalue weighted by Gasteiger charge is 2.13. The van der Waals surface area contributed by atoms with Gasteiger partial charge in [-0.25, -0.2) is 0 Å². The Kier molecular flexibility index (Phi) is 4.68. The fourth-order valence-electron chi connectivity index (χ4n) is 1.90. The number of hydrogen-bond acceptors (Lipinski definition) is 2. The zero-order valence-corrected chi connectivity index (χ0v) is 13.1. The van der Waals surface area contributed by atoms with Gasteiger partial charge in [0.15, 0.2) is 0 Å². The average molecular weight is 355 g/mol. The number of phenolic OH excluding ortho intramolecular Hbond substituents is 1. The van der Waals surface area contributed by atoms with Gasteiger partial charge in [-0.15, -0.1) is 0 Å². The van der Waals surface area contributed by atoms with Gasteiger partial charge in [-0.1, -0.05) is 39.7 Å². The zero-order chi connectivity index (χ0) is 14.7. The molecule has 0 aliphatic carbocycles. The Morgan fingerprint density at radius 2 is 2.05 bits per heavy atom. The third-order valence-corrected chi connectivity index (χ3v) is 3.48. The molecule has 0 saturated carbocycles. The second kappa shape index (κ2) is 6.29. The summed E-state index contributed by atoms with van der Waals surface area (Å²) in [5.41, 5.74) is 1.38. The van der Waals surface area contributed by atoms with Crippen molar-refractivity contribution >= 4 is 33.4 Å². The van der Waals surface area contributed by atoms with Crippen molar-refractivity contribution in [3.05, 3.63) is 63.1 Å². The first-order valence-electron chi connectivity index (χ1n) is 5.95. The largest absolute Gasteiger partial charge is 0.508 e. The van der Waals surface area contributed by atoms with Crippen LogP contribution in [-0.4, -0.2) is 23.0 Å². The lowest BCUT2D eigenvalue weighted by Gasteiger charge is -2.17. The third kappa shape index (κ3) is 3.74. The molecule has 0 saturated heterocycles. The maximum atomic E-state index is 12.3. The SMILES string of the molecule is CN(Cc1cccc(Cl)c1)C(=O)c1cc(O)cc(Br)c1. The Morgan fingerprint density at radius 1 is 1.30 bits per heavy atom. The minimum absolute atomic E-state index is 0.0545. The lowest BCUT2D eigenvalue weighted by atomic mass is 10.1. The first-order chi connectivity index (χ1) is 9.45. The molecular formula is C15H13BrClNO2. The third-order valence-electron chi connectivity index (χ3n) is 2.78. The van der Waals surface area contributed by atoms with E-state index in [4.69, 9.17) is 11.6 Å². The first kappa shape index (κ1) is 14.9. The molecule has 0 aliphatic heterocycles. The molecule has 0 aromatic heterocycles. The van der Waals surface area contributed by atoms with E-state index in [2.05, 4.69) is 15.9 Å². The molecule has 0 spiro atoms. The van der Waals surface area contributed by atoms with E-state index in [0.29, 0.717) is 21.6 Å². The highest BCUT2D eigenvalue weighted by atomic mass is 79.9. The highest BCUT2D eigenvalue weighted by molar-refractivity contribution is 9.10. The van der Waals surface area contributed by atoms with Gasteiger partial charge < -0.3 is 10.0 Å². The number of phenols is 1. The maximum Gasteiger partial charge on any atom is 0.254 e. The van der Waals surface area contributed by atoms with E-state index in [1.807, 2.05) is 18.2 Å². The molecule has 0 bridgehead atoms. The molecular weight excluding hydrogens is 342 g/mol. The van der Waals surface area contributed by atoms with Crippen LogP contribution in [-0.2, 0) is 6.54 Å². The van der Waals surface area contributed by atoms with E-state index >= 15 is 0 Å². The number of benzene rings is 2. The van der Waals surface area contributed by atoms with Gasteiger partial charge in [0.2, 0.25) is 0 Å². The molecule has 0 atom stereocenters. The Morgan fingerprint density at radius 3 is 2.70 bits per heavy atom. The molecule has 1 amide bonds. The summed E-state index contributed by atoms with van der Waals surface area (Å²) in [6.45, 7) is 0.451. The molecule has 1 N–H and O–H groups in total. The topological polar surface area (TPSA) is 40.5 Å². The van der Waals surface area contributed by atoms with Gasteiger partial charge in [-0.05, 0) is 35.9 Å². The maximum absolute atomic E-state index is 12.3. The Balaban J connectivity index is 2.16. The van der Waals surface area contributed by atoms with Crippen LogP contribution in [0.15, 0.2) is 46.9 Å². The van der Waals surface area contributed by atoms with E-state index < -0.39 is 0 Å². The van der Waals surface area contributed by atoms with Crippen molar-refractivity contribution in [3.63, 3.8) is 0 Å². The Hall–Kier alpha value is -1.52. The summed E-state index contributed by atoms with van der Waals surface area (Å²) in [6.07, 6.45) is 0. The molecule has 0 radical (unpaired) electrons. The van der Waals surface area contributed by atoms with Crippen LogP contribution in [0.2, 0.25) is 5.02 Å². The van der Waals surface area contributed by atoms with Crippen molar-refractivity contribution in [2.75, 3.05) is 7.05 Å². The normalized spacial score (nSPS) is 10.3. The second-order valence-corrected chi connectivity index (χ2v) is 5.84. The zero-order valence-electron chi connectivity index (χ0n) is 10.8. The first-order valence-corrected chi connectivity index (χ1v) is 7.12. The van der Waals surface area contributed by atoms with Crippen molar-refractivity contribution in [1.29, 1.82) is 0 Å². The number of aromatic hydroxyl groups is 1. The number of hydrogen-bond donors (Lipinski definition) is 1. The summed E-state index contributed by atoms with van der Waals surface area (Å²) in [6, 6.07) is 12.0. The molecule has 0 heterocycles. The van der Waals surface area contributed by atoms with Crippen LogP contribution in [0.5, 0.6) is 5.75 Å². The van der Waals surface area contributed by atoms with Crippen molar-refractivity contribution in [2.45, 2.75) is 6.54 Å². The van der Waals surface area contributed by atoms with Gasteiger partial charge in [0.1, 0.15) is 5.75 Å². The van der Waals surface area contributed by atoms with E-state index in [0.717, 1.165) is 5.56 Å². The van der Waals surface area contributed by atoms with Gasteiger partial charge >= 0.3 is 0 Å². The number of halogens is 2. The van der Waals surface area contributed by atoms with Crippen LogP contribution in [0.1, 0.15) is 15.9 Å². The smallest absolute Gasteiger partial charge is 0.254 e. The van der Waals surface area contributed by atoms with Crippen LogP contribution < -0.4 is 0 Å². The molecule has 2 aromatic carbocycles. The van der Waals surface area contributed by atoms with Crippen molar-refractivity contribution in [1.82, 2.24) is 4.90 Å². The van der Waals surface area contributed by atoms with Gasteiger partial charge in [-0.3, -0.25) is 4.79 Å². The molecule has 0 aliphatic rings. The Bertz CT molecular complexity index is 625. The summed E-state index contributed by atoms with van der Waals surface area (Å²) in [5.74, 6) is -0.111. The fraction of sp³-hybridized carbons (Fsp3) is 0.133. The van der Waals surface area contributed by atoms with Gasteiger partial charge in [0.05, 0.1) is 0 Å². The number of nitrogens with zero attached hydrogens (tertiary/aromatic N) is 1. The van der Waals surface area contributed by atoms with E-state index in [1.54, 1.807) is 24.1 Å². The van der Waals surface area contributed by atoms with E-state index in [1.165, 1.54) is 12.1 Å². The molecule has 20 heavy (non-hydrogen) atoms. The van der Waals surface area contributed by atoms with Crippen molar-refractivity contribution in [2.24, 2.45) is 0 Å². The molecule has 2 aromatic rings. The number of carbonyl (C=O) groups excluding carboxylic acids is 1. The predicted octanol–water partition coefficient (Wildman–Crippen LogP) is 4.08. The molecule has 0 fully saturated rings. The predicted molar refractivity (Wildman–Crippen MR) is 83.1 cm³/mol. The molecule has 104 valence electrons. The summed E-state index contributed by atoms with van der Waals surface area (Å²) in [7, 11) is 1.71. The lowest BCUT2D eigenvalue weighted by Crippen LogP contribution is -2.26. The van der Waals surface area contributed by atoms with Crippen molar-refractivity contribution < 1.29 is 9.90 Å². The van der Waals surface area contributed by atoms with Crippen molar-refractivity contribution in [3.8, 4) is 5.75 Å². The summed E-state index contributed by atoms with van der Waals surface area (Å²) < 4.78 is 0.664. The van der Waals surface area contributed by atoms with Crippen LogP contribution in [0.25, 0.3) is 0 Å². The standard InChI is InChI=1S/C15H13BrClNO2/c1-18(9-10-3-2-4-13(17)5-10)15(20)11-6-12(16)8-14(19)7-11/h2-8,19H,9H2,1H3. The molecule has 3 nitrogen and oxygen atoms in total. The minimum atomic E-state index is -0.165. The lowest BCUT2D eigenvalue weighted by molar-refractivity contribution is 0.0784. The van der Waals surface area contributed by atoms with Gasteiger partial charge in [-0.2, -0.15) is 0 Å². The monoisotopic (exact) mass is 353 g/mol.